The van der Waals surface area contributed by atoms with Crippen LogP contribution in [0.25, 0.3) is 0 Å². The molecule has 2 nitrogen and oxygen atoms in total. The van der Waals surface area contributed by atoms with Crippen molar-refractivity contribution in [2.75, 3.05) is 0 Å². The van der Waals surface area contributed by atoms with Gasteiger partial charge in [0.2, 0.25) is 0 Å². The van der Waals surface area contributed by atoms with Gasteiger partial charge in [0.15, 0.2) is 0 Å². The summed E-state index contributed by atoms with van der Waals surface area (Å²) in [6, 6.07) is 6.79. The van der Waals surface area contributed by atoms with Crippen molar-refractivity contribution in [2.24, 2.45) is 0 Å². The molecule has 0 radical (unpaired) electrons. The van der Waals surface area contributed by atoms with Gasteiger partial charge in [0, 0.05) is 40.8 Å². The van der Waals surface area contributed by atoms with Gasteiger partial charge in [0.25, 0.3) is 0 Å². The minimum atomic E-state index is 0.957. The molecule has 104 valence electrons. The van der Waals surface area contributed by atoms with Gasteiger partial charge in [-0.05, 0) is 51.0 Å². The van der Waals surface area contributed by atoms with Crippen molar-refractivity contribution < 1.29 is 0 Å². The second-order valence-corrected chi connectivity index (χ2v) is 6.22. The minimum Gasteiger partial charge on any atom is -0.349 e. The van der Waals surface area contributed by atoms with Crippen LogP contribution in [0.3, 0.4) is 0 Å². The number of rotatable bonds is 6. The Labute approximate surface area is 120 Å². The van der Waals surface area contributed by atoms with Gasteiger partial charge in [-0.1, -0.05) is 6.92 Å². The molecule has 0 atom stereocenters. The van der Waals surface area contributed by atoms with Crippen LogP contribution in [-0.2, 0) is 26.1 Å². The fraction of sp³-hybridized carbons (Fsp3) is 0.500. The third-order valence-electron chi connectivity index (χ3n) is 3.68. The molecular formula is C16H24N2S. The van der Waals surface area contributed by atoms with Crippen molar-refractivity contribution in [1.82, 2.24) is 9.88 Å². The Bertz CT molecular complexity index is 537. The van der Waals surface area contributed by atoms with E-state index in [1.54, 1.807) is 0 Å². The molecule has 0 aliphatic carbocycles. The molecule has 0 spiro atoms. The number of hydrogen-bond acceptors (Lipinski definition) is 2. The smallest absolute Gasteiger partial charge is 0.0303 e. The van der Waals surface area contributed by atoms with Crippen LogP contribution in [0.15, 0.2) is 18.2 Å². The van der Waals surface area contributed by atoms with E-state index in [0.29, 0.717) is 0 Å². The van der Waals surface area contributed by atoms with Crippen LogP contribution >= 0.6 is 11.3 Å². The van der Waals surface area contributed by atoms with Crippen LogP contribution < -0.4 is 5.32 Å². The molecule has 0 bridgehead atoms. The number of nitrogens with one attached hydrogen (secondary N) is 1. The lowest BCUT2D eigenvalue weighted by molar-refractivity contribution is 0.680. The maximum atomic E-state index is 3.56. The van der Waals surface area contributed by atoms with E-state index in [-0.39, 0.29) is 0 Å². The zero-order valence-electron chi connectivity index (χ0n) is 12.4. The predicted molar refractivity (Wildman–Crippen MR) is 83.8 cm³/mol. The molecule has 2 aromatic rings. The van der Waals surface area contributed by atoms with Crippen molar-refractivity contribution in [3.8, 4) is 0 Å². The summed E-state index contributed by atoms with van der Waals surface area (Å²) in [5, 5.41) is 3.56. The Morgan fingerprint density at radius 1 is 1.11 bits per heavy atom. The van der Waals surface area contributed by atoms with Gasteiger partial charge in [0.1, 0.15) is 0 Å². The van der Waals surface area contributed by atoms with Crippen LogP contribution in [0.5, 0.6) is 0 Å². The highest BCUT2D eigenvalue weighted by atomic mass is 32.1. The van der Waals surface area contributed by atoms with Crippen molar-refractivity contribution in [2.45, 2.75) is 53.8 Å². The molecule has 0 aliphatic rings. The Morgan fingerprint density at radius 3 is 2.42 bits per heavy atom. The first-order valence-corrected chi connectivity index (χ1v) is 7.91. The molecule has 0 saturated heterocycles. The molecule has 2 heterocycles. The third kappa shape index (κ3) is 3.28. The fourth-order valence-electron chi connectivity index (χ4n) is 2.57. The normalized spacial score (nSPS) is 11.2. The maximum Gasteiger partial charge on any atom is 0.0303 e. The second kappa shape index (κ2) is 6.40. The summed E-state index contributed by atoms with van der Waals surface area (Å²) in [4.78, 5) is 2.90. The summed E-state index contributed by atoms with van der Waals surface area (Å²) in [5.74, 6) is 0. The Kier molecular flexibility index (Phi) is 4.83. The van der Waals surface area contributed by atoms with E-state index in [1.807, 2.05) is 11.3 Å². The van der Waals surface area contributed by atoms with Crippen molar-refractivity contribution >= 4 is 11.3 Å². The quantitative estimate of drug-likeness (QED) is 0.842. The molecule has 0 fully saturated rings. The fourth-order valence-corrected chi connectivity index (χ4v) is 3.49. The van der Waals surface area contributed by atoms with Gasteiger partial charge in [-0.25, -0.2) is 0 Å². The first-order valence-electron chi connectivity index (χ1n) is 7.09. The lowest BCUT2D eigenvalue weighted by atomic mass is 10.2. The van der Waals surface area contributed by atoms with Crippen molar-refractivity contribution in [3.05, 3.63) is 44.9 Å². The van der Waals surface area contributed by atoms with E-state index >= 15 is 0 Å². The molecule has 2 rings (SSSR count). The number of thiophene rings is 1. The molecule has 0 aliphatic heterocycles. The van der Waals surface area contributed by atoms with Gasteiger partial charge in [-0.2, -0.15) is 0 Å². The van der Waals surface area contributed by atoms with Gasteiger partial charge < -0.3 is 9.88 Å². The summed E-state index contributed by atoms with van der Waals surface area (Å²) >= 11 is 1.92. The highest BCUT2D eigenvalue weighted by Gasteiger charge is 2.07. The average molecular weight is 276 g/mol. The molecule has 19 heavy (non-hydrogen) atoms. The number of hydrogen-bond donors (Lipinski definition) is 1. The van der Waals surface area contributed by atoms with Gasteiger partial charge >= 0.3 is 0 Å². The van der Waals surface area contributed by atoms with E-state index < -0.39 is 0 Å². The van der Waals surface area contributed by atoms with Crippen LogP contribution in [-0.4, -0.2) is 4.57 Å². The van der Waals surface area contributed by atoms with E-state index in [4.69, 9.17) is 0 Å². The van der Waals surface area contributed by atoms with Gasteiger partial charge in [-0.15, -0.1) is 11.3 Å². The number of aryl methyl sites for hydroxylation is 2. The van der Waals surface area contributed by atoms with E-state index in [0.717, 1.165) is 26.1 Å². The monoisotopic (exact) mass is 276 g/mol. The highest BCUT2D eigenvalue weighted by molar-refractivity contribution is 7.11. The molecule has 2 aromatic heterocycles. The predicted octanol–water partition coefficient (Wildman–Crippen LogP) is 4.04. The molecule has 0 unspecified atom stereocenters. The van der Waals surface area contributed by atoms with E-state index in [9.17, 15) is 0 Å². The molecule has 3 heteroatoms. The second-order valence-electron chi connectivity index (χ2n) is 4.97. The zero-order valence-corrected chi connectivity index (χ0v) is 13.2. The number of nitrogens with zero attached hydrogens (tertiary/aromatic N) is 1. The molecule has 0 aromatic carbocycles. The van der Waals surface area contributed by atoms with Crippen LogP contribution in [0.4, 0.5) is 0 Å². The zero-order chi connectivity index (χ0) is 13.8. The minimum absolute atomic E-state index is 0.957. The van der Waals surface area contributed by atoms with Crippen LogP contribution in [0, 0.1) is 13.8 Å². The Hall–Kier alpha value is -1.06. The Morgan fingerprint density at radius 2 is 1.84 bits per heavy atom. The first-order chi connectivity index (χ1) is 9.15. The standard InChI is InChI=1S/C16H24N2S/c1-5-15-7-8-16(19-15)11-17-10-14-9-12(3)18(6-2)13(14)4/h7-9,17H,5-6,10-11H2,1-4H3. The molecular weight excluding hydrogens is 252 g/mol. The van der Waals surface area contributed by atoms with Crippen LogP contribution in [0.1, 0.15) is 40.6 Å². The third-order valence-corrected chi connectivity index (χ3v) is 4.90. The summed E-state index contributed by atoms with van der Waals surface area (Å²) in [5.41, 5.74) is 4.18. The summed E-state index contributed by atoms with van der Waals surface area (Å²) in [6.45, 7) is 11.8. The molecule has 0 saturated carbocycles. The summed E-state index contributed by atoms with van der Waals surface area (Å²) in [6.07, 6.45) is 1.14. The Balaban J connectivity index is 1.92. The van der Waals surface area contributed by atoms with Crippen molar-refractivity contribution in [3.63, 3.8) is 0 Å². The lowest BCUT2D eigenvalue weighted by Crippen LogP contribution is -2.12. The maximum absolute atomic E-state index is 3.56. The first kappa shape index (κ1) is 14.4. The van der Waals surface area contributed by atoms with Crippen molar-refractivity contribution in [1.29, 1.82) is 0 Å². The topological polar surface area (TPSA) is 17.0 Å². The van der Waals surface area contributed by atoms with Crippen LogP contribution in [0.2, 0.25) is 0 Å². The summed E-state index contributed by atoms with van der Waals surface area (Å²) < 4.78 is 2.37. The average Bonchev–Trinajstić information content (AvgIpc) is 2.95. The highest BCUT2D eigenvalue weighted by Crippen LogP contribution is 2.18. The lowest BCUT2D eigenvalue weighted by Gasteiger charge is -2.06. The van der Waals surface area contributed by atoms with Gasteiger partial charge in [-0.3, -0.25) is 0 Å². The van der Waals surface area contributed by atoms with Gasteiger partial charge in [0.05, 0.1) is 0 Å². The SMILES string of the molecule is CCc1ccc(CNCc2cc(C)n(CC)c2C)s1. The number of aromatic nitrogens is 1. The van der Waals surface area contributed by atoms with E-state index in [2.05, 4.69) is 55.8 Å². The molecule has 1 N–H and O–H groups in total. The van der Waals surface area contributed by atoms with E-state index in [1.165, 1.54) is 26.7 Å². The summed E-state index contributed by atoms with van der Waals surface area (Å²) in [7, 11) is 0. The molecule has 0 amide bonds. The largest absolute Gasteiger partial charge is 0.349 e.